The maximum atomic E-state index is 12.1. The van der Waals surface area contributed by atoms with Crippen molar-refractivity contribution in [1.82, 2.24) is 0 Å². The second kappa shape index (κ2) is 10.5. The van der Waals surface area contributed by atoms with Crippen LogP contribution in [0.2, 0.25) is 0 Å². The summed E-state index contributed by atoms with van der Waals surface area (Å²) in [5.41, 5.74) is 1.07. The van der Waals surface area contributed by atoms with Crippen molar-refractivity contribution in [2.24, 2.45) is 0 Å². The van der Waals surface area contributed by atoms with Gasteiger partial charge in [0.15, 0.2) is 34.6 Å². The SMILES string of the molecule is COc1cc(/C=C/C(=O)CC(=O)/C=C/c2ccc(OC(C)(C)C)c(OC)c2)ccc1O. The van der Waals surface area contributed by atoms with Crippen LogP contribution in [0.5, 0.6) is 23.0 Å². The van der Waals surface area contributed by atoms with Crippen LogP contribution in [0.25, 0.3) is 12.2 Å². The van der Waals surface area contributed by atoms with Gasteiger partial charge in [-0.05, 0) is 68.3 Å². The minimum absolute atomic E-state index is 0.0147. The Morgan fingerprint density at radius 1 is 0.839 bits per heavy atom. The first-order valence-corrected chi connectivity index (χ1v) is 9.77. The number of rotatable bonds is 9. The van der Waals surface area contributed by atoms with E-state index in [-0.39, 0.29) is 29.3 Å². The van der Waals surface area contributed by atoms with Crippen molar-refractivity contribution in [3.8, 4) is 23.0 Å². The molecule has 0 fully saturated rings. The number of methoxy groups -OCH3 is 2. The predicted molar refractivity (Wildman–Crippen MR) is 121 cm³/mol. The molecule has 6 nitrogen and oxygen atoms in total. The highest BCUT2D eigenvalue weighted by Crippen LogP contribution is 2.31. The van der Waals surface area contributed by atoms with Gasteiger partial charge in [0.25, 0.3) is 0 Å². The number of hydrogen-bond donors (Lipinski definition) is 1. The molecule has 0 spiro atoms. The zero-order valence-corrected chi connectivity index (χ0v) is 18.5. The van der Waals surface area contributed by atoms with Crippen LogP contribution < -0.4 is 14.2 Å². The fraction of sp³-hybridized carbons (Fsp3) is 0.280. The molecule has 0 aliphatic rings. The van der Waals surface area contributed by atoms with Gasteiger partial charge < -0.3 is 19.3 Å². The van der Waals surface area contributed by atoms with Crippen molar-refractivity contribution < 1.29 is 28.9 Å². The van der Waals surface area contributed by atoms with Crippen LogP contribution in [-0.4, -0.2) is 36.5 Å². The van der Waals surface area contributed by atoms with Gasteiger partial charge in [0, 0.05) is 0 Å². The van der Waals surface area contributed by atoms with Crippen molar-refractivity contribution in [1.29, 1.82) is 0 Å². The van der Waals surface area contributed by atoms with E-state index in [1.165, 1.54) is 25.3 Å². The van der Waals surface area contributed by atoms with Crippen LogP contribution in [0, 0.1) is 0 Å². The van der Waals surface area contributed by atoms with Crippen LogP contribution >= 0.6 is 0 Å². The standard InChI is InChI=1S/C25H28O6/c1-25(2,3)31-22-13-9-18(15-24(22)30-5)7-11-20(27)16-19(26)10-6-17-8-12-21(28)23(14-17)29-4/h6-15,28H,16H2,1-5H3/b10-6+,11-7+. The topological polar surface area (TPSA) is 82.1 Å². The van der Waals surface area contributed by atoms with E-state index in [2.05, 4.69) is 0 Å². The molecule has 164 valence electrons. The lowest BCUT2D eigenvalue weighted by Gasteiger charge is -2.22. The molecule has 0 amide bonds. The van der Waals surface area contributed by atoms with Gasteiger partial charge in [-0.15, -0.1) is 0 Å². The molecule has 0 atom stereocenters. The van der Waals surface area contributed by atoms with Crippen LogP contribution in [0.3, 0.4) is 0 Å². The second-order valence-corrected chi connectivity index (χ2v) is 7.83. The summed E-state index contributed by atoms with van der Waals surface area (Å²) >= 11 is 0. The first-order valence-electron chi connectivity index (χ1n) is 9.77. The van der Waals surface area contributed by atoms with Crippen LogP contribution in [0.1, 0.15) is 38.3 Å². The van der Waals surface area contributed by atoms with E-state index in [1.54, 1.807) is 43.5 Å². The molecule has 0 aliphatic heterocycles. The van der Waals surface area contributed by atoms with Crippen molar-refractivity contribution >= 4 is 23.7 Å². The van der Waals surface area contributed by atoms with Crippen molar-refractivity contribution in [3.63, 3.8) is 0 Å². The molecule has 0 saturated carbocycles. The smallest absolute Gasteiger partial charge is 0.163 e. The molecule has 2 rings (SSSR count). The highest BCUT2D eigenvalue weighted by molar-refractivity contribution is 6.10. The lowest BCUT2D eigenvalue weighted by Crippen LogP contribution is -2.23. The fourth-order valence-corrected chi connectivity index (χ4v) is 2.67. The Bertz CT molecular complexity index is 996. The van der Waals surface area contributed by atoms with Crippen LogP contribution in [-0.2, 0) is 9.59 Å². The number of benzene rings is 2. The number of allylic oxidation sites excluding steroid dienone is 2. The van der Waals surface area contributed by atoms with Gasteiger partial charge in [-0.25, -0.2) is 0 Å². The molecular formula is C25H28O6. The van der Waals surface area contributed by atoms with E-state index in [0.717, 1.165) is 5.56 Å². The van der Waals surface area contributed by atoms with Gasteiger partial charge in [0.1, 0.15) is 5.60 Å². The molecule has 2 aromatic rings. The molecule has 31 heavy (non-hydrogen) atoms. The van der Waals surface area contributed by atoms with Crippen LogP contribution in [0.4, 0.5) is 0 Å². The summed E-state index contributed by atoms with van der Waals surface area (Å²) in [6, 6.07) is 10.1. The van der Waals surface area contributed by atoms with E-state index < -0.39 is 0 Å². The summed E-state index contributed by atoms with van der Waals surface area (Å²) in [4.78, 5) is 24.2. The van der Waals surface area contributed by atoms with E-state index in [9.17, 15) is 14.7 Å². The quantitative estimate of drug-likeness (QED) is 0.458. The van der Waals surface area contributed by atoms with E-state index in [4.69, 9.17) is 14.2 Å². The molecule has 6 heteroatoms. The summed E-state index contributed by atoms with van der Waals surface area (Å²) < 4.78 is 16.3. The van der Waals surface area contributed by atoms with E-state index in [0.29, 0.717) is 22.8 Å². The molecule has 0 aliphatic carbocycles. The summed E-state index contributed by atoms with van der Waals surface area (Å²) in [6.45, 7) is 5.84. The summed E-state index contributed by atoms with van der Waals surface area (Å²) in [5, 5.41) is 9.60. The number of carbonyl (C=O) groups is 2. The third-order valence-corrected chi connectivity index (χ3v) is 4.08. The van der Waals surface area contributed by atoms with Gasteiger partial charge >= 0.3 is 0 Å². The molecule has 1 N–H and O–H groups in total. The van der Waals surface area contributed by atoms with Gasteiger partial charge in [-0.3, -0.25) is 9.59 Å². The molecular weight excluding hydrogens is 396 g/mol. The largest absolute Gasteiger partial charge is 0.504 e. The molecule has 0 heterocycles. The summed E-state index contributed by atoms with van der Waals surface area (Å²) in [6.07, 6.45) is 5.66. The maximum Gasteiger partial charge on any atom is 0.163 e. The van der Waals surface area contributed by atoms with Crippen molar-refractivity contribution in [2.75, 3.05) is 14.2 Å². The van der Waals surface area contributed by atoms with Crippen molar-refractivity contribution in [2.45, 2.75) is 32.8 Å². The lowest BCUT2D eigenvalue weighted by molar-refractivity contribution is -0.121. The zero-order valence-electron chi connectivity index (χ0n) is 18.5. The second-order valence-electron chi connectivity index (χ2n) is 7.83. The summed E-state index contributed by atoms with van der Waals surface area (Å²) in [5.74, 6) is 0.863. The molecule has 0 unspecified atom stereocenters. The number of hydrogen-bond acceptors (Lipinski definition) is 6. The number of aromatic hydroxyl groups is 1. The molecule has 0 saturated heterocycles. The summed E-state index contributed by atoms with van der Waals surface area (Å²) in [7, 11) is 3.00. The van der Waals surface area contributed by atoms with E-state index in [1.807, 2.05) is 26.8 Å². The average Bonchev–Trinajstić information content (AvgIpc) is 2.71. The fourth-order valence-electron chi connectivity index (χ4n) is 2.67. The van der Waals surface area contributed by atoms with E-state index >= 15 is 0 Å². The third-order valence-electron chi connectivity index (χ3n) is 4.08. The predicted octanol–water partition coefficient (Wildman–Crippen LogP) is 4.84. The Hall–Kier alpha value is -3.54. The number of phenolic OH excluding ortho intramolecular Hbond substituents is 1. The molecule has 0 aromatic heterocycles. The van der Waals surface area contributed by atoms with Crippen LogP contribution in [0.15, 0.2) is 48.6 Å². The number of ether oxygens (including phenoxy) is 3. The monoisotopic (exact) mass is 424 g/mol. The molecule has 0 radical (unpaired) electrons. The number of ketones is 2. The first-order chi connectivity index (χ1) is 14.6. The van der Waals surface area contributed by atoms with Gasteiger partial charge in [-0.1, -0.05) is 24.3 Å². The highest BCUT2D eigenvalue weighted by Gasteiger charge is 2.15. The molecule has 2 aromatic carbocycles. The molecule has 0 bridgehead atoms. The minimum Gasteiger partial charge on any atom is -0.504 e. The normalized spacial score (nSPS) is 11.6. The highest BCUT2D eigenvalue weighted by atomic mass is 16.5. The van der Waals surface area contributed by atoms with Gasteiger partial charge in [0.2, 0.25) is 0 Å². The number of phenols is 1. The Kier molecular flexibility index (Phi) is 8.02. The lowest BCUT2D eigenvalue weighted by atomic mass is 10.1. The van der Waals surface area contributed by atoms with Gasteiger partial charge in [0.05, 0.1) is 20.6 Å². The number of carbonyl (C=O) groups excluding carboxylic acids is 2. The zero-order chi connectivity index (χ0) is 23.0. The third kappa shape index (κ3) is 7.66. The Morgan fingerprint density at radius 3 is 1.87 bits per heavy atom. The average molecular weight is 424 g/mol. The Balaban J connectivity index is 1.99. The first kappa shape index (κ1) is 23.7. The van der Waals surface area contributed by atoms with Gasteiger partial charge in [-0.2, -0.15) is 0 Å². The Morgan fingerprint density at radius 2 is 1.35 bits per heavy atom. The van der Waals surface area contributed by atoms with Crippen molar-refractivity contribution in [3.05, 3.63) is 59.7 Å². The minimum atomic E-state index is -0.361. The Labute approximate surface area is 182 Å². The maximum absolute atomic E-state index is 12.1.